The van der Waals surface area contributed by atoms with E-state index in [-0.39, 0.29) is 0 Å². The topological polar surface area (TPSA) is 35.8 Å². The van der Waals surface area contributed by atoms with Gasteiger partial charge in [-0.15, -0.1) is 11.8 Å². The molecule has 94 valence electrons. The van der Waals surface area contributed by atoms with Gasteiger partial charge in [-0.2, -0.15) is 5.26 Å². The molecule has 2 aromatic rings. The highest BCUT2D eigenvalue weighted by Crippen LogP contribution is 2.39. The summed E-state index contributed by atoms with van der Waals surface area (Å²) in [6, 6.07) is 19.2. The van der Waals surface area contributed by atoms with Gasteiger partial charge in [0.05, 0.1) is 18.5 Å². The molecule has 0 aromatic heterocycles. The van der Waals surface area contributed by atoms with Crippen LogP contribution in [0.15, 0.2) is 53.4 Å². The summed E-state index contributed by atoms with van der Waals surface area (Å²) in [5, 5.41) is 12.2. The third-order valence-corrected chi connectivity index (χ3v) is 4.46. The minimum atomic E-state index is 0.378. The van der Waals surface area contributed by atoms with Gasteiger partial charge in [0.25, 0.3) is 0 Å². The van der Waals surface area contributed by atoms with E-state index in [4.69, 9.17) is 5.26 Å². The Morgan fingerprint density at radius 1 is 1.16 bits per heavy atom. The van der Waals surface area contributed by atoms with Crippen LogP contribution in [0.2, 0.25) is 0 Å². The summed E-state index contributed by atoms with van der Waals surface area (Å²) in [6.45, 7) is 0. The predicted molar refractivity (Wildman–Crippen MR) is 79.3 cm³/mol. The predicted octanol–water partition coefficient (Wildman–Crippen LogP) is 4.01. The molecule has 0 bridgehead atoms. The zero-order valence-electron chi connectivity index (χ0n) is 10.5. The molecule has 1 aliphatic heterocycles. The lowest BCUT2D eigenvalue weighted by molar-refractivity contribution is 0.900. The summed E-state index contributed by atoms with van der Waals surface area (Å²) in [5.74, 6) is 1.07. The van der Waals surface area contributed by atoms with Gasteiger partial charge in [0.2, 0.25) is 0 Å². The van der Waals surface area contributed by atoms with Crippen molar-refractivity contribution in [3.8, 4) is 6.07 Å². The number of benzene rings is 2. The number of hydrogen-bond donors (Lipinski definition) is 1. The monoisotopic (exact) mass is 266 g/mol. The van der Waals surface area contributed by atoms with Crippen molar-refractivity contribution >= 4 is 17.4 Å². The van der Waals surface area contributed by atoms with Crippen LogP contribution in [0.25, 0.3) is 0 Å². The highest BCUT2D eigenvalue weighted by molar-refractivity contribution is 7.99. The van der Waals surface area contributed by atoms with Gasteiger partial charge in [-0.3, -0.25) is 0 Å². The van der Waals surface area contributed by atoms with Gasteiger partial charge in [0.15, 0.2) is 0 Å². The molecule has 0 saturated carbocycles. The zero-order chi connectivity index (χ0) is 13.1. The molecule has 2 nitrogen and oxygen atoms in total. The third kappa shape index (κ3) is 2.59. The average Bonchev–Trinajstić information content (AvgIpc) is 2.85. The van der Waals surface area contributed by atoms with Crippen molar-refractivity contribution in [2.24, 2.45) is 0 Å². The van der Waals surface area contributed by atoms with Gasteiger partial charge in [-0.1, -0.05) is 30.3 Å². The molecule has 2 aromatic carbocycles. The normalized spacial score (nSPS) is 16.7. The molecular weight excluding hydrogens is 252 g/mol. The smallest absolute Gasteiger partial charge is 0.0669 e. The van der Waals surface area contributed by atoms with E-state index in [1.165, 1.54) is 10.5 Å². The molecule has 1 N–H and O–H groups in total. The number of nitrogens with zero attached hydrogens (tertiary/aromatic N) is 1. The standard InChI is InChI=1S/C16H14N2S/c17-10-9-12-5-7-13(8-6-12)18-15-11-19-16-4-2-1-3-14(15)16/h1-8,15,18H,9,11H2. The van der Waals surface area contributed by atoms with E-state index >= 15 is 0 Å². The lowest BCUT2D eigenvalue weighted by Crippen LogP contribution is -2.09. The fraction of sp³-hybridized carbons (Fsp3) is 0.188. The third-order valence-electron chi connectivity index (χ3n) is 3.28. The number of thioether (sulfide) groups is 1. The Kier molecular flexibility index (Phi) is 3.43. The molecule has 0 spiro atoms. The van der Waals surface area contributed by atoms with Crippen LogP contribution >= 0.6 is 11.8 Å². The van der Waals surface area contributed by atoms with E-state index < -0.39 is 0 Å². The van der Waals surface area contributed by atoms with E-state index in [9.17, 15) is 0 Å². The lowest BCUT2D eigenvalue weighted by atomic mass is 10.1. The second-order valence-corrected chi connectivity index (χ2v) is 5.64. The first kappa shape index (κ1) is 12.1. The highest BCUT2D eigenvalue weighted by atomic mass is 32.2. The maximum Gasteiger partial charge on any atom is 0.0669 e. The molecule has 1 aliphatic rings. The zero-order valence-corrected chi connectivity index (χ0v) is 11.3. The van der Waals surface area contributed by atoms with Gasteiger partial charge in [-0.05, 0) is 29.3 Å². The summed E-state index contributed by atoms with van der Waals surface area (Å²) in [6.07, 6.45) is 0.475. The first-order valence-corrected chi connectivity index (χ1v) is 7.29. The van der Waals surface area contributed by atoms with Gasteiger partial charge >= 0.3 is 0 Å². The summed E-state index contributed by atoms with van der Waals surface area (Å²) in [5.41, 5.74) is 3.56. The summed E-state index contributed by atoms with van der Waals surface area (Å²) in [4.78, 5) is 1.38. The van der Waals surface area contributed by atoms with Gasteiger partial charge < -0.3 is 5.32 Å². The van der Waals surface area contributed by atoms with Crippen LogP contribution in [0.5, 0.6) is 0 Å². The largest absolute Gasteiger partial charge is 0.377 e. The first-order valence-electron chi connectivity index (χ1n) is 6.31. The van der Waals surface area contributed by atoms with Gasteiger partial charge in [0, 0.05) is 16.3 Å². The Balaban J connectivity index is 1.74. The Bertz CT molecular complexity index is 613. The average molecular weight is 266 g/mol. The van der Waals surface area contributed by atoms with Crippen LogP contribution in [0.1, 0.15) is 17.2 Å². The van der Waals surface area contributed by atoms with Crippen molar-refractivity contribution in [3.63, 3.8) is 0 Å². The van der Waals surface area contributed by atoms with Crippen LogP contribution < -0.4 is 5.32 Å². The van der Waals surface area contributed by atoms with Crippen molar-refractivity contribution in [3.05, 3.63) is 59.7 Å². The van der Waals surface area contributed by atoms with Crippen molar-refractivity contribution in [1.29, 1.82) is 5.26 Å². The molecule has 3 rings (SSSR count). The number of hydrogen-bond acceptors (Lipinski definition) is 3. The second kappa shape index (κ2) is 5.38. The van der Waals surface area contributed by atoms with Crippen LogP contribution in [0, 0.1) is 11.3 Å². The highest BCUT2D eigenvalue weighted by Gasteiger charge is 2.22. The van der Waals surface area contributed by atoms with Crippen LogP contribution in [0.4, 0.5) is 5.69 Å². The van der Waals surface area contributed by atoms with E-state index in [1.807, 2.05) is 23.9 Å². The Morgan fingerprint density at radius 2 is 1.95 bits per heavy atom. The SMILES string of the molecule is N#CCc1ccc(NC2CSc3ccccc32)cc1. The molecule has 19 heavy (non-hydrogen) atoms. The number of nitriles is 1. The van der Waals surface area contributed by atoms with Gasteiger partial charge in [-0.25, -0.2) is 0 Å². The van der Waals surface area contributed by atoms with E-state index in [0.29, 0.717) is 12.5 Å². The Labute approximate surface area is 117 Å². The van der Waals surface area contributed by atoms with Gasteiger partial charge in [0.1, 0.15) is 0 Å². The number of nitrogens with one attached hydrogen (secondary N) is 1. The van der Waals surface area contributed by atoms with Crippen LogP contribution in [-0.2, 0) is 6.42 Å². The molecular formula is C16H14N2S. The van der Waals surface area contributed by atoms with Crippen molar-refractivity contribution in [2.75, 3.05) is 11.1 Å². The van der Waals surface area contributed by atoms with Crippen molar-refractivity contribution in [2.45, 2.75) is 17.4 Å². The maximum atomic E-state index is 8.66. The molecule has 0 saturated heterocycles. The molecule has 0 amide bonds. The fourth-order valence-corrected chi connectivity index (χ4v) is 3.45. The van der Waals surface area contributed by atoms with Crippen LogP contribution in [-0.4, -0.2) is 5.75 Å². The summed E-state index contributed by atoms with van der Waals surface area (Å²) >= 11 is 1.90. The minimum absolute atomic E-state index is 0.378. The Hall–Kier alpha value is -1.92. The van der Waals surface area contributed by atoms with Crippen molar-refractivity contribution < 1.29 is 0 Å². The fourth-order valence-electron chi connectivity index (χ4n) is 2.29. The Morgan fingerprint density at radius 3 is 2.74 bits per heavy atom. The second-order valence-electron chi connectivity index (χ2n) is 4.58. The lowest BCUT2D eigenvalue weighted by Gasteiger charge is -2.15. The van der Waals surface area contributed by atoms with E-state index in [0.717, 1.165) is 17.0 Å². The number of anilines is 1. The number of fused-ring (bicyclic) bond motifs is 1. The minimum Gasteiger partial charge on any atom is -0.377 e. The molecule has 3 heteroatoms. The van der Waals surface area contributed by atoms with E-state index in [2.05, 4.69) is 47.8 Å². The molecule has 1 unspecified atom stereocenters. The van der Waals surface area contributed by atoms with Crippen molar-refractivity contribution in [1.82, 2.24) is 0 Å². The molecule has 0 fully saturated rings. The van der Waals surface area contributed by atoms with E-state index in [1.54, 1.807) is 0 Å². The molecule has 0 aliphatic carbocycles. The number of rotatable bonds is 3. The summed E-state index contributed by atoms with van der Waals surface area (Å²) < 4.78 is 0. The first-order chi connectivity index (χ1) is 9.36. The summed E-state index contributed by atoms with van der Waals surface area (Å²) in [7, 11) is 0. The maximum absolute atomic E-state index is 8.66. The molecule has 1 heterocycles. The molecule has 0 radical (unpaired) electrons. The quantitative estimate of drug-likeness (QED) is 0.911. The molecule has 1 atom stereocenters. The van der Waals surface area contributed by atoms with Crippen LogP contribution in [0.3, 0.4) is 0 Å².